The number of carbonyl (C=O) groups is 1. The summed E-state index contributed by atoms with van der Waals surface area (Å²) in [5.74, 6) is 2.96. The molecule has 0 aliphatic heterocycles. The van der Waals surface area contributed by atoms with Crippen molar-refractivity contribution in [3.8, 4) is 17.2 Å². The van der Waals surface area contributed by atoms with E-state index in [1.807, 2.05) is 30.3 Å². The highest BCUT2D eigenvalue weighted by atomic mass is 16.5. The van der Waals surface area contributed by atoms with Crippen molar-refractivity contribution in [1.82, 2.24) is 5.32 Å². The number of hydrogen-bond acceptors (Lipinski definition) is 5. The van der Waals surface area contributed by atoms with Crippen LogP contribution in [0.15, 0.2) is 42.5 Å². The molecular formula is C31H43NO4. The molecule has 0 bridgehead atoms. The molecule has 2 aliphatic rings. The van der Waals surface area contributed by atoms with E-state index in [1.54, 1.807) is 21.3 Å². The molecule has 1 N–H and O–H groups in total. The summed E-state index contributed by atoms with van der Waals surface area (Å²) in [6.07, 6.45) is 4.56. The molecule has 2 aromatic rings. The Labute approximate surface area is 216 Å². The van der Waals surface area contributed by atoms with Gasteiger partial charge in [0.25, 0.3) is 0 Å². The average molecular weight is 494 g/mol. The molecule has 196 valence electrons. The third kappa shape index (κ3) is 5.00. The van der Waals surface area contributed by atoms with Gasteiger partial charge in [-0.05, 0) is 71.8 Å². The molecule has 5 heteroatoms. The predicted octanol–water partition coefficient (Wildman–Crippen LogP) is 6.54. The van der Waals surface area contributed by atoms with E-state index in [0.717, 1.165) is 25.1 Å². The van der Waals surface area contributed by atoms with Gasteiger partial charge in [-0.25, -0.2) is 0 Å². The van der Waals surface area contributed by atoms with Gasteiger partial charge < -0.3 is 19.5 Å². The van der Waals surface area contributed by atoms with E-state index >= 15 is 0 Å². The van der Waals surface area contributed by atoms with Crippen molar-refractivity contribution in [2.75, 3.05) is 21.3 Å². The van der Waals surface area contributed by atoms with Crippen LogP contribution in [0.1, 0.15) is 69.3 Å². The highest BCUT2D eigenvalue weighted by Crippen LogP contribution is 2.61. The van der Waals surface area contributed by atoms with Crippen LogP contribution in [0.5, 0.6) is 17.2 Å². The minimum absolute atomic E-state index is 0.0488. The molecule has 0 radical (unpaired) electrons. The maximum Gasteiger partial charge on any atom is 0.167 e. The standard InChI is InChI=1S/C31H43NO4/c1-20-26(32-19-21-9-11-23(34-5)12-10-21)18-27-30(2,3)13-8-14-31(27,4)28(20)29(33)22-15-24(35-6)17-25(16-22)36-7/h9-12,15-17,20,26-28,32H,8,13-14,18-19H2,1-7H3. The highest BCUT2D eigenvalue weighted by molar-refractivity contribution is 5.99. The van der Waals surface area contributed by atoms with E-state index in [-0.39, 0.29) is 34.5 Å². The molecule has 36 heavy (non-hydrogen) atoms. The molecule has 4 rings (SSSR count). The Hall–Kier alpha value is -2.53. The van der Waals surface area contributed by atoms with Gasteiger partial charge in [-0.1, -0.05) is 46.2 Å². The molecule has 5 unspecified atom stereocenters. The lowest BCUT2D eigenvalue weighted by atomic mass is 9.45. The van der Waals surface area contributed by atoms with Crippen LogP contribution in [0.25, 0.3) is 0 Å². The first-order valence-electron chi connectivity index (χ1n) is 13.3. The summed E-state index contributed by atoms with van der Waals surface area (Å²) in [6, 6.07) is 14.1. The Bertz CT molecular complexity index is 1040. The van der Waals surface area contributed by atoms with Crippen molar-refractivity contribution < 1.29 is 19.0 Å². The summed E-state index contributed by atoms with van der Waals surface area (Å²) in [6.45, 7) is 10.2. The quantitative estimate of drug-likeness (QED) is 0.423. The van der Waals surface area contributed by atoms with Gasteiger partial charge in [-0.15, -0.1) is 0 Å². The fourth-order valence-corrected chi connectivity index (χ4v) is 7.36. The van der Waals surface area contributed by atoms with E-state index in [0.29, 0.717) is 23.0 Å². The van der Waals surface area contributed by atoms with E-state index in [1.165, 1.54) is 18.4 Å². The second-order valence-electron chi connectivity index (χ2n) is 11.8. The van der Waals surface area contributed by atoms with Crippen molar-refractivity contribution in [2.45, 2.75) is 66.0 Å². The zero-order chi connectivity index (χ0) is 26.1. The van der Waals surface area contributed by atoms with E-state index in [2.05, 4.69) is 45.1 Å². The third-order valence-electron chi connectivity index (χ3n) is 9.28. The van der Waals surface area contributed by atoms with Gasteiger partial charge in [0.05, 0.1) is 21.3 Å². The first kappa shape index (κ1) is 26.5. The van der Waals surface area contributed by atoms with Crippen LogP contribution in [0.2, 0.25) is 0 Å². The minimum atomic E-state index is -0.0824. The van der Waals surface area contributed by atoms with E-state index in [9.17, 15) is 4.79 Å². The largest absolute Gasteiger partial charge is 0.497 e. The number of ketones is 1. The topological polar surface area (TPSA) is 56.8 Å². The Morgan fingerprint density at radius 1 is 0.917 bits per heavy atom. The van der Waals surface area contributed by atoms with E-state index < -0.39 is 0 Å². The van der Waals surface area contributed by atoms with Crippen molar-refractivity contribution in [2.24, 2.45) is 28.6 Å². The lowest BCUT2D eigenvalue weighted by Crippen LogP contribution is -2.60. The Kier molecular flexibility index (Phi) is 7.70. The summed E-state index contributed by atoms with van der Waals surface area (Å²) < 4.78 is 16.3. The average Bonchev–Trinajstić information content (AvgIpc) is 2.87. The number of fused-ring (bicyclic) bond motifs is 1. The molecule has 0 saturated heterocycles. The van der Waals surface area contributed by atoms with Gasteiger partial charge >= 0.3 is 0 Å². The lowest BCUT2D eigenvalue weighted by molar-refractivity contribution is -0.0917. The number of benzene rings is 2. The molecule has 5 atom stereocenters. The second kappa shape index (κ2) is 10.5. The van der Waals surface area contributed by atoms with Crippen LogP contribution < -0.4 is 19.5 Å². The molecule has 0 spiro atoms. The predicted molar refractivity (Wildman–Crippen MR) is 144 cm³/mol. The summed E-state index contributed by atoms with van der Waals surface area (Å²) in [5, 5.41) is 3.85. The zero-order valence-corrected chi connectivity index (χ0v) is 23.0. The second-order valence-corrected chi connectivity index (χ2v) is 11.8. The molecule has 2 aromatic carbocycles. The number of ether oxygens (including phenoxy) is 3. The van der Waals surface area contributed by atoms with Crippen LogP contribution in [0.3, 0.4) is 0 Å². The molecule has 0 amide bonds. The maximum absolute atomic E-state index is 14.4. The summed E-state index contributed by atoms with van der Waals surface area (Å²) in [7, 11) is 4.95. The van der Waals surface area contributed by atoms with Gasteiger partial charge in [0.15, 0.2) is 5.78 Å². The molecule has 2 fully saturated rings. The van der Waals surface area contributed by atoms with Crippen LogP contribution in [-0.4, -0.2) is 33.2 Å². The normalized spacial score (nSPS) is 29.2. The molecular weight excluding hydrogens is 450 g/mol. The fourth-order valence-electron chi connectivity index (χ4n) is 7.36. The SMILES string of the molecule is COc1ccc(CNC2CC3C(C)(C)CCCC3(C)C(C(=O)c3cc(OC)cc(OC)c3)C2C)cc1. The Morgan fingerprint density at radius 2 is 1.53 bits per heavy atom. The fraction of sp³-hybridized carbons (Fsp3) is 0.581. The number of carbonyl (C=O) groups excluding carboxylic acids is 1. The first-order valence-corrected chi connectivity index (χ1v) is 13.3. The molecule has 0 aromatic heterocycles. The van der Waals surface area contributed by atoms with Crippen LogP contribution >= 0.6 is 0 Å². The van der Waals surface area contributed by atoms with Crippen molar-refractivity contribution >= 4 is 5.78 Å². The lowest BCUT2D eigenvalue weighted by Gasteiger charge is -2.60. The maximum atomic E-state index is 14.4. The zero-order valence-electron chi connectivity index (χ0n) is 23.0. The third-order valence-corrected chi connectivity index (χ3v) is 9.28. The molecule has 0 heterocycles. The van der Waals surface area contributed by atoms with Crippen molar-refractivity contribution in [1.29, 1.82) is 0 Å². The number of rotatable bonds is 8. The van der Waals surface area contributed by atoms with Gasteiger partial charge in [0, 0.05) is 30.1 Å². The van der Waals surface area contributed by atoms with Gasteiger partial charge in [0.2, 0.25) is 0 Å². The van der Waals surface area contributed by atoms with Crippen LogP contribution in [0.4, 0.5) is 0 Å². The first-order chi connectivity index (χ1) is 17.1. The minimum Gasteiger partial charge on any atom is -0.497 e. The van der Waals surface area contributed by atoms with Crippen LogP contribution in [-0.2, 0) is 6.54 Å². The summed E-state index contributed by atoms with van der Waals surface area (Å²) in [5.41, 5.74) is 2.05. The van der Waals surface area contributed by atoms with Gasteiger partial charge in [0.1, 0.15) is 17.2 Å². The van der Waals surface area contributed by atoms with Gasteiger partial charge in [-0.2, -0.15) is 0 Å². The number of nitrogens with one attached hydrogen (secondary N) is 1. The number of Topliss-reactive ketones (excluding diaryl/α,β-unsaturated/α-hetero) is 1. The Balaban J connectivity index is 1.67. The summed E-state index contributed by atoms with van der Waals surface area (Å²) in [4.78, 5) is 14.4. The number of methoxy groups -OCH3 is 3. The van der Waals surface area contributed by atoms with Crippen molar-refractivity contribution in [3.63, 3.8) is 0 Å². The number of hydrogen-bond donors (Lipinski definition) is 1. The smallest absolute Gasteiger partial charge is 0.167 e. The van der Waals surface area contributed by atoms with Gasteiger partial charge in [-0.3, -0.25) is 4.79 Å². The molecule has 2 aliphatic carbocycles. The molecule has 5 nitrogen and oxygen atoms in total. The Morgan fingerprint density at radius 3 is 2.11 bits per heavy atom. The van der Waals surface area contributed by atoms with Crippen molar-refractivity contribution in [3.05, 3.63) is 53.6 Å². The summed E-state index contributed by atoms with van der Waals surface area (Å²) >= 11 is 0. The molecule has 2 saturated carbocycles. The highest BCUT2D eigenvalue weighted by Gasteiger charge is 2.58. The van der Waals surface area contributed by atoms with Crippen LogP contribution in [0, 0.1) is 28.6 Å². The monoisotopic (exact) mass is 493 g/mol. The van der Waals surface area contributed by atoms with E-state index in [4.69, 9.17) is 14.2 Å².